The first-order valence-electron chi connectivity index (χ1n) is 6.91. The zero-order valence-electron chi connectivity index (χ0n) is 12.4. The Morgan fingerprint density at radius 1 is 1.09 bits per heavy atom. The Labute approximate surface area is 132 Å². The molecule has 0 spiro atoms. The van der Waals surface area contributed by atoms with E-state index in [-0.39, 0.29) is 6.79 Å². The SMILES string of the molecule is CC(=O)N(C(=O)Nc1ccc2c(c1)OCO2)c1ccc(N)cc1. The second-order valence-electron chi connectivity index (χ2n) is 4.94. The van der Waals surface area contributed by atoms with Crippen LogP contribution in [-0.4, -0.2) is 18.7 Å². The molecular formula is C16H15N3O4. The van der Waals surface area contributed by atoms with Crippen LogP contribution in [0.4, 0.5) is 21.9 Å². The predicted octanol–water partition coefficient (Wildman–Crippen LogP) is 2.58. The summed E-state index contributed by atoms with van der Waals surface area (Å²) < 4.78 is 10.5. The number of nitrogens with zero attached hydrogens (tertiary/aromatic N) is 1. The van der Waals surface area contributed by atoms with Gasteiger partial charge in [0.15, 0.2) is 11.5 Å². The molecule has 1 heterocycles. The highest BCUT2D eigenvalue weighted by molar-refractivity contribution is 6.17. The number of nitrogens with one attached hydrogen (secondary N) is 1. The van der Waals surface area contributed by atoms with Crippen LogP contribution in [-0.2, 0) is 4.79 Å². The molecule has 0 aromatic heterocycles. The van der Waals surface area contributed by atoms with E-state index in [1.165, 1.54) is 6.92 Å². The number of hydrogen-bond donors (Lipinski definition) is 2. The molecule has 0 unspecified atom stereocenters. The van der Waals surface area contributed by atoms with Crippen LogP contribution in [0.5, 0.6) is 11.5 Å². The molecule has 2 aromatic rings. The number of ether oxygens (including phenoxy) is 2. The van der Waals surface area contributed by atoms with Crippen molar-refractivity contribution in [2.45, 2.75) is 6.92 Å². The second kappa shape index (κ2) is 5.88. The topological polar surface area (TPSA) is 93.9 Å². The number of nitrogens with two attached hydrogens (primary N) is 1. The Hall–Kier alpha value is -3.22. The fourth-order valence-corrected chi connectivity index (χ4v) is 2.22. The Balaban J connectivity index is 1.81. The highest BCUT2D eigenvalue weighted by Gasteiger charge is 2.21. The van der Waals surface area contributed by atoms with Gasteiger partial charge in [-0.2, -0.15) is 0 Å². The van der Waals surface area contributed by atoms with Crippen molar-refractivity contribution in [1.29, 1.82) is 0 Å². The lowest BCUT2D eigenvalue weighted by Gasteiger charge is -2.20. The van der Waals surface area contributed by atoms with Gasteiger partial charge < -0.3 is 20.5 Å². The smallest absolute Gasteiger partial charge is 0.333 e. The number of carbonyl (C=O) groups is 2. The van der Waals surface area contributed by atoms with E-state index in [0.29, 0.717) is 28.6 Å². The summed E-state index contributed by atoms with van der Waals surface area (Å²) in [5, 5.41) is 2.67. The van der Waals surface area contributed by atoms with Crippen molar-refractivity contribution >= 4 is 29.0 Å². The number of nitrogen functional groups attached to an aromatic ring is 1. The monoisotopic (exact) mass is 313 g/mol. The minimum atomic E-state index is -0.568. The molecule has 1 aliphatic rings. The molecule has 23 heavy (non-hydrogen) atoms. The van der Waals surface area contributed by atoms with Crippen molar-refractivity contribution < 1.29 is 19.1 Å². The van der Waals surface area contributed by atoms with E-state index in [0.717, 1.165) is 4.90 Å². The van der Waals surface area contributed by atoms with Crippen LogP contribution in [0.1, 0.15) is 6.92 Å². The Kier molecular flexibility index (Phi) is 3.76. The van der Waals surface area contributed by atoms with Gasteiger partial charge in [0.1, 0.15) is 0 Å². The summed E-state index contributed by atoms with van der Waals surface area (Å²) in [6.07, 6.45) is 0. The van der Waals surface area contributed by atoms with Crippen LogP contribution in [0.25, 0.3) is 0 Å². The van der Waals surface area contributed by atoms with Crippen molar-refractivity contribution in [1.82, 2.24) is 0 Å². The van der Waals surface area contributed by atoms with Gasteiger partial charge in [-0.3, -0.25) is 4.79 Å². The minimum absolute atomic E-state index is 0.151. The molecule has 3 amide bonds. The molecule has 0 saturated heterocycles. The first-order chi connectivity index (χ1) is 11.0. The number of fused-ring (bicyclic) bond motifs is 1. The lowest BCUT2D eigenvalue weighted by molar-refractivity contribution is -0.115. The van der Waals surface area contributed by atoms with E-state index >= 15 is 0 Å². The fraction of sp³-hybridized carbons (Fsp3) is 0.125. The Morgan fingerprint density at radius 3 is 2.48 bits per heavy atom. The lowest BCUT2D eigenvalue weighted by Crippen LogP contribution is -2.38. The zero-order valence-corrected chi connectivity index (χ0v) is 12.4. The molecule has 1 aliphatic heterocycles. The standard InChI is InChI=1S/C16H15N3O4/c1-10(20)19(13-5-2-11(17)3-6-13)16(21)18-12-4-7-14-15(8-12)23-9-22-14/h2-8H,9,17H2,1H3,(H,18,21). The molecule has 0 aliphatic carbocycles. The van der Waals surface area contributed by atoms with Crippen LogP contribution < -0.4 is 25.4 Å². The highest BCUT2D eigenvalue weighted by atomic mass is 16.7. The van der Waals surface area contributed by atoms with Crippen LogP contribution in [0.2, 0.25) is 0 Å². The molecule has 0 radical (unpaired) electrons. The maximum Gasteiger partial charge on any atom is 0.333 e. The third-order valence-electron chi connectivity index (χ3n) is 3.29. The minimum Gasteiger partial charge on any atom is -0.454 e. The average Bonchev–Trinajstić information content (AvgIpc) is 2.96. The normalized spacial score (nSPS) is 11.9. The van der Waals surface area contributed by atoms with Gasteiger partial charge in [-0.05, 0) is 36.4 Å². The second-order valence-corrected chi connectivity index (χ2v) is 4.94. The number of benzene rings is 2. The van der Waals surface area contributed by atoms with Crippen molar-refractivity contribution in [3.63, 3.8) is 0 Å². The van der Waals surface area contributed by atoms with Gasteiger partial charge in [-0.1, -0.05) is 0 Å². The molecule has 3 N–H and O–H groups in total. The van der Waals surface area contributed by atoms with Gasteiger partial charge in [0.2, 0.25) is 12.7 Å². The van der Waals surface area contributed by atoms with E-state index < -0.39 is 11.9 Å². The van der Waals surface area contributed by atoms with E-state index in [4.69, 9.17) is 15.2 Å². The first-order valence-corrected chi connectivity index (χ1v) is 6.91. The van der Waals surface area contributed by atoms with Gasteiger partial charge in [-0.25, -0.2) is 9.69 Å². The number of carbonyl (C=O) groups excluding carboxylic acids is 2. The lowest BCUT2D eigenvalue weighted by atomic mass is 10.2. The number of amides is 3. The van der Waals surface area contributed by atoms with Gasteiger partial charge >= 0.3 is 6.03 Å². The summed E-state index contributed by atoms with van der Waals surface area (Å²) in [5.74, 6) is 0.752. The molecule has 3 rings (SSSR count). The summed E-state index contributed by atoms with van der Waals surface area (Å²) in [4.78, 5) is 25.3. The molecule has 7 heteroatoms. The molecule has 0 atom stereocenters. The molecule has 0 bridgehead atoms. The zero-order chi connectivity index (χ0) is 16.4. The summed E-state index contributed by atoms with van der Waals surface area (Å²) in [6, 6.07) is 10.9. The van der Waals surface area contributed by atoms with Crippen molar-refractivity contribution in [2.75, 3.05) is 22.7 Å². The third kappa shape index (κ3) is 3.03. The molecule has 2 aromatic carbocycles. The molecule has 0 saturated carbocycles. The Morgan fingerprint density at radius 2 is 1.78 bits per heavy atom. The summed E-state index contributed by atoms with van der Waals surface area (Å²) in [6.45, 7) is 1.47. The van der Waals surface area contributed by atoms with E-state index in [1.807, 2.05) is 0 Å². The Bertz CT molecular complexity index is 758. The van der Waals surface area contributed by atoms with Crippen LogP contribution in [0.3, 0.4) is 0 Å². The van der Waals surface area contributed by atoms with Crippen molar-refractivity contribution in [3.05, 3.63) is 42.5 Å². The van der Waals surface area contributed by atoms with E-state index in [9.17, 15) is 9.59 Å². The molecule has 0 fully saturated rings. The molecular weight excluding hydrogens is 298 g/mol. The third-order valence-corrected chi connectivity index (χ3v) is 3.29. The number of hydrogen-bond acceptors (Lipinski definition) is 5. The van der Waals surface area contributed by atoms with Gasteiger partial charge in [0.05, 0.1) is 5.69 Å². The number of anilines is 3. The summed E-state index contributed by atoms with van der Waals surface area (Å²) in [7, 11) is 0. The molecule has 7 nitrogen and oxygen atoms in total. The van der Waals surface area contributed by atoms with Gasteiger partial charge in [0, 0.05) is 24.4 Å². The van der Waals surface area contributed by atoms with E-state index in [1.54, 1.807) is 42.5 Å². The quantitative estimate of drug-likeness (QED) is 0.831. The van der Waals surface area contributed by atoms with E-state index in [2.05, 4.69) is 5.32 Å². The van der Waals surface area contributed by atoms with Crippen molar-refractivity contribution in [3.8, 4) is 11.5 Å². The van der Waals surface area contributed by atoms with Gasteiger partial charge in [0.25, 0.3) is 0 Å². The van der Waals surface area contributed by atoms with Crippen LogP contribution >= 0.6 is 0 Å². The van der Waals surface area contributed by atoms with Gasteiger partial charge in [-0.15, -0.1) is 0 Å². The number of rotatable bonds is 2. The fourth-order valence-electron chi connectivity index (χ4n) is 2.22. The summed E-state index contributed by atoms with van der Waals surface area (Å²) in [5.41, 5.74) is 7.11. The predicted molar refractivity (Wildman–Crippen MR) is 85.6 cm³/mol. The average molecular weight is 313 g/mol. The first kappa shape index (κ1) is 14.7. The van der Waals surface area contributed by atoms with Crippen LogP contribution in [0, 0.1) is 0 Å². The molecule has 118 valence electrons. The largest absolute Gasteiger partial charge is 0.454 e. The van der Waals surface area contributed by atoms with Crippen LogP contribution in [0.15, 0.2) is 42.5 Å². The maximum absolute atomic E-state index is 12.4. The number of urea groups is 1. The highest BCUT2D eigenvalue weighted by Crippen LogP contribution is 2.34. The summed E-state index contributed by atoms with van der Waals surface area (Å²) >= 11 is 0. The maximum atomic E-state index is 12.4. The number of imide groups is 1. The van der Waals surface area contributed by atoms with Crippen molar-refractivity contribution in [2.24, 2.45) is 0 Å².